The Morgan fingerprint density at radius 1 is 1.00 bits per heavy atom. The molecule has 25 heavy (non-hydrogen) atoms. The van der Waals surface area contributed by atoms with E-state index in [0.717, 1.165) is 16.9 Å². The third kappa shape index (κ3) is 5.23. The van der Waals surface area contributed by atoms with Crippen molar-refractivity contribution in [2.45, 2.75) is 13.8 Å². The third-order valence-corrected chi connectivity index (χ3v) is 4.52. The number of anilines is 2. The van der Waals surface area contributed by atoms with Crippen LogP contribution in [0.2, 0.25) is 0 Å². The molecule has 0 bridgehead atoms. The first-order chi connectivity index (χ1) is 11.8. The van der Waals surface area contributed by atoms with Crippen LogP contribution in [0, 0.1) is 6.92 Å². The molecule has 0 saturated carbocycles. The maximum atomic E-state index is 12.4. The number of hydrogen-bond donors (Lipinski definition) is 2. The molecule has 1 heterocycles. The second-order valence-corrected chi connectivity index (χ2v) is 7.09. The molecule has 6 nitrogen and oxygen atoms in total. The molecular formula is C18H21N3O3S. The lowest BCUT2D eigenvalue weighted by Crippen LogP contribution is -2.27. The summed E-state index contributed by atoms with van der Waals surface area (Å²) in [4.78, 5) is 38.6. The standard InChI is InChI=1S/C18H21N3O3S/c1-11-5-6-13(19-17(23)10-21(3)4)14(9-11)20-18(24)16-8-7-15(25-16)12(2)22/h5-9H,10H2,1-4H3,(H,19,23)(H,20,24). The van der Waals surface area contributed by atoms with Gasteiger partial charge >= 0.3 is 0 Å². The number of aryl methyl sites for hydroxylation is 1. The van der Waals surface area contributed by atoms with Gasteiger partial charge in [0, 0.05) is 0 Å². The molecule has 7 heteroatoms. The minimum Gasteiger partial charge on any atom is -0.323 e. The van der Waals surface area contributed by atoms with E-state index in [1.54, 1.807) is 43.3 Å². The number of rotatable bonds is 6. The average Bonchev–Trinajstić information content (AvgIpc) is 2.99. The molecule has 0 radical (unpaired) electrons. The van der Waals surface area contributed by atoms with Crippen molar-refractivity contribution in [3.63, 3.8) is 0 Å². The van der Waals surface area contributed by atoms with E-state index in [0.29, 0.717) is 21.1 Å². The van der Waals surface area contributed by atoms with Gasteiger partial charge in [0.15, 0.2) is 5.78 Å². The number of thiophene rings is 1. The Labute approximate surface area is 150 Å². The minimum absolute atomic E-state index is 0.0729. The van der Waals surface area contributed by atoms with Gasteiger partial charge in [-0.25, -0.2) is 0 Å². The molecule has 0 aliphatic carbocycles. The molecule has 0 spiro atoms. The van der Waals surface area contributed by atoms with Crippen molar-refractivity contribution in [3.05, 3.63) is 45.6 Å². The number of benzene rings is 1. The van der Waals surface area contributed by atoms with E-state index >= 15 is 0 Å². The zero-order valence-electron chi connectivity index (χ0n) is 14.7. The molecule has 2 amide bonds. The summed E-state index contributed by atoms with van der Waals surface area (Å²) in [6.07, 6.45) is 0. The van der Waals surface area contributed by atoms with Crippen molar-refractivity contribution in [3.8, 4) is 0 Å². The Balaban J connectivity index is 2.19. The van der Waals surface area contributed by atoms with Gasteiger partial charge in [-0.15, -0.1) is 11.3 Å². The van der Waals surface area contributed by atoms with E-state index in [1.165, 1.54) is 6.92 Å². The first-order valence-corrected chi connectivity index (χ1v) is 8.55. The Hall–Kier alpha value is -2.51. The normalized spacial score (nSPS) is 10.6. The molecule has 1 aromatic heterocycles. The van der Waals surface area contributed by atoms with Gasteiger partial charge in [0.2, 0.25) is 5.91 Å². The maximum absolute atomic E-state index is 12.4. The van der Waals surface area contributed by atoms with Crippen LogP contribution in [0.25, 0.3) is 0 Å². The number of ketones is 1. The SMILES string of the molecule is CC(=O)c1ccc(C(=O)Nc2cc(C)ccc2NC(=O)CN(C)C)s1. The highest BCUT2D eigenvalue weighted by Gasteiger charge is 2.15. The van der Waals surface area contributed by atoms with Crippen molar-refractivity contribution in [1.29, 1.82) is 0 Å². The largest absolute Gasteiger partial charge is 0.323 e. The number of amides is 2. The zero-order chi connectivity index (χ0) is 18.6. The first kappa shape index (κ1) is 18.8. The highest BCUT2D eigenvalue weighted by Crippen LogP contribution is 2.25. The van der Waals surface area contributed by atoms with E-state index in [1.807, 2.05) is 13.0 Å². The maximum Gasteiger partial charge on any atom is 0.265 e. The lowest BCUT2D eigenvalue weighted by molar-refractivity contribution is -0.116. The van der Waals surface area contributed by atoms with Gasteiger partial charge in [-0.1, -0.05) is 6.07 Å². The lowest BCUT2D eigenvalue weighted by atomic mass is 10.2. The summed E-state index contributed by atoms with van der Waals surface area (Å²) < 4.78 is 0. The van der Waals surface area contributed by atoms with E-state index in [9.17, 15) is 14.4 Å². The van der Waals surface area contributed by atoms with Crippen molar-refractivity contribution in [1.82, 2.24) is 4.90 Å². The number of carbonyl (C=O) groups excluding carboxylic acids is 3. The summed E-state index contributed by atoms with van der Waals surface area (Å²) in [5, 5.41) is 5.61. The van der Waals surface area contributed by atoms with Gasteiger partial charge < -0.3 is 15.5 Å². The van der Waals surface area contributed by atoms with E-state index in [-0.39, 0.29) is 24.1 Å². The Morgan fingerprint density at radius 3 is 2.28 bits per heavy atom. The molecule has 2 aromatic rings. The van der Waals surface area contributed by atoms with Crippen LogP contribution < -0.4 is 10.6 Å². The Bertz CT molecular complexity index is 812. The van der Waals surface area contributed by atoms with Crippen LogP contribution in [0.1, 0.15) is 31.8 Å². The van der Waals surface area contributed by atoms with E-state index in [2.05, 4.69) is 10.6 Å². The molecule has 0 fully saturated rings. The summed E-state index contributed by atoms with van der Waals surface area (Å²) in [6, 6.07) is 8.67. The molecule has 1 aromatic carbocycles. The Morgan fingerprint density at radius 2 is 1.68 bits per heavy atom. The van der Waals surface area contributed by atoms with E-state index < -0.39 is 0 Å². The van der Waals surface area contributed by atoms with Gasteiger partial charge in [-0.2, -0.15) is 0 Å². The summed E-state index contributed by atoms with van der Waals surface area (Å²) in [5.74, 6) is -0.554. The van der Waals surface area contributed by atoms with Crippen LogP contribution in [-0.2, 0) is 4.79 Å². The molecular weight excluding hydrogens is 338 g/mol. The molecule has 0 aliphatic rings. The number of carbonyl (C=O) groups is 3. The van der Waals surface area contributed by atoms with Crippen molar-refractivity contribution < 1.29 is 14.4 Å². The highest BCUT2D eigenvalue weighted by molar-refractivity contribution is 7.16. The fourth-order valence-electron chi connectivity index (χ4n) is 2.18. The predicted molar refractivity (Wildman–Crippen MR) is 101 cm³/mol. The monoisotopic (exact) mass is 359 g/mol. The van der Waals surface area contributed by atoms with Gasteiger partial charge in [-0.05, 0) is 57.8 Å². The van der Waals surface area contributed by atoms with Crippen molar-refractivity contribution in [2.24, 2.45) is 0 Å². The zero-order valence-corrected chi connectivity index (χ0v) is 15.5. The summed E-state index contributed by atoms with van der Waals surface area (Å²) in [7, 11) is 3.61. The van der Waals surface area contributed by atoms with Crippen LogP contribution in [0.4, 0.5) is 11.4 Å². The molecule has 2 N–H and O–H groups in total. The van der Waals surface area contributed by atoms with E-state index in [4.69, 9.17) is 0 Å². The molecule has 0 saturated heterocycles. The fraction of sp³-hybridized carbons (Fsp3) is 0.278. The molecule has 2 rings (SSSR count). The topological polar surface area (TPSA) is 78.5 Å². The first-order valence-electron chi connectivity index (χ1n) is 7.73. The third-order valence-electron chi connectivity index (χ3n) is 3.33. The highest BCUT2D eigenvalue weighted by atomic mass is 32.1. The van der Waals surface area contributed by atoms with Gasteiger partial charge in [0.05, 0.1) is 27.7 Å². The minimum atomic E-state index is -0.314. The molecule has 132 valence electrons. The van der Waals surface area contributed by atoms with Crippen LogP contribution in [0.5, 0.6) is 0 Å². The molecule has 0 atom stereocenters. The number of nitrogens with zero attached hydrogens (tertiary/aromatic N) is 1. The lowest BCUT2D eigenvalue weighted by Gasteiger charge is -2.14. The van der Waals surface area contributed by atoms with Crippen LogP contribution in [0.15, 0.2) is 30.3 Å². The number of Topliss-reactive ketones (excluding diaryl/α,β-unsaturated/α-hetero) is 1. The van der Waals surface area contributed by atoms with Crippen LogP contribution >= 0.6 is 11.3 Å². The predicted octanol–water partition coefficient (Wildman–Crippen LogP) is 3.01. The van der Waals surface area contributed by atoms with Gasteiger partial charge in [-0.3, -0.25) is 14.4 Å². The van der Waals surface area contributed by atoms with Gasteiger partial charge in [0.25, 0.3) is 5.91 Å². The summed E-state index contributed by atoms with van der Waals surface area (Å²) in [5.41, 5.74) is 2.01. The molecule has 0 unspecified atom stereocenters. The average molecular weight is 359 g/mol. The van der Waals surface area contributed by atoms with Crippen LogP contribution in [0.3, 0.4) is 0 Å². The summed E-state index contributed by atoms with van der Waals surface area (Å²) in [6.45, 7) is 3.61. The second-order valence-electron chi connectivity index (χ2n) is 6.01. The quantitative estimate of drug-likeness (QED) is 0.777. The second kappa shape index (κ2) is 8.04. The van der Waals surface area contributed by atoms with Crippen molar-refractivity contribution in [2.75, 3.05) is 31.3 Å². The number of nitrogens with one attached hydrogen (secondary N) is 2. The van der Waals surface area contributed by atoms with Crippen molar-refractivity contribution >= 4 is 40.3 Å². The van der Waals surface area contributed by atoms with Gasteiger partial charge in [0.1, 0.15) is 0 Å². The summed E-state index contributed by atoms with van der Waals surface area (Å²) >= 11 is 1.15. The van der Waals surface area contributed by atoms with Crippen LogP contribution in [-0.4, -0.2) is 43.1 Å². The fourth-order valence-corrected chi connectivity index (χ4v) is 2.98. The Kier molecular flexibility index (Phi) is 6.06. The number of hydrogen-bond acceptors (Lipinski definition) is 5. The molecule has 0 aliphatic heterocycles. The smallest absolute Gasteiger partial charge is 0.265 e. The number of likely N-dealkylation sites (N-methyl/N-ethyl adjacent to an activating group) is 1.